The average Bonchev–Trinajstić information content (AvgIpc) is 3.08. The number of hydrogen-bond donors (Lipinski definition) is 3. The summed E-state index contributed by atoms with van der Waals surface area (Å²) in [6, 6.07) is 5.20. The summed E-state index contributed by atoms with van der Waals surface area (Å²) in [7, 11) is -3.45. The SMILES string of the molecule is O=S(=O)(NCCc1cnc[nH]1)c1ccc2c(c1)CCN2. The molecule has 0 bridgehead atoms. The Labute approximate surface area is 117 Å². The summed E-state index contributed by atoms with van der Waals surface area (Å²) in [5, 5.41) is 3.21. The Hall–Kier alpha value is -1.86. The number of sulfonamides is 1. The lowest BCUT2D eigenvalue weighted by atomic mass is 10.2. The summed E-state index contributed by atoms with van der Waals surface area (Å²) in [4.78, 5) is 7.16. The van der Waals surface area contributed by atoms with Gasteiger partial charge in [-0.15, -0.1) is 0 Å². The molecule has 0 radical (unpaired) electrons. The van der Waals surface area contributed by atoms with Crippen LogP contribution in [0.15, 0.2) is 35.6 Å². The summed E-state index contributed by atoms with van der Waals surface area (Å²) in [5.41, 5.74) is 2.99. The van der Waals surface area contributed by atoms with Gasteiger partial charge in [-0.1, -0.05) is 0 Å². The summed E-state index contributed by atoms with van der Waals surface area (Å²) >= 11 is 0. The number of nitrogens with zero attached hydrogens (tertiary/aromatic N) is 1. The number of anilines is 1. The fourth-order valence-electron chi connectivity index (χ4n) is 2.27. The van der Waals surface area contributed by atoms with Crippen molar-refractivity contribution in [3.63, 3.8) is 0 Å². The van der Waals surface area contributed by atoms with Gasteiger partial charge in [0.2, 0.25) is 10.0 Å². The van der Waals surface area contributed by atoms with Crippen LogP contribution >= 0.6 is 0 Å². The lowest BCUT2D eigenvalue weighted by Gasteiger charge is -2.08. The van der Waals surface area contributed by atoms with Crippen molar-refractivity contribution in [2.75, 3.05) is 18.4 Å². The minimum Gasteiger partial charge on any atom is -0.384 e. The van der Waals surface area contributed by atoms with Crippen LogP contribution in [0.25, 0.3) is 0 Å². The molecule has 7 heteroatoms. The van der Waals surface area contributed by atoms with Crippen LogP contribution in [0.1, 0.15) is 11.3 Å². The maximum absolute atomic E-state index is 12.2. The highest BCUT2D eigenvalue weighted by Crippen LogP contribution is 2.24. The van der Waals surface area contributed by atoms with Crippen LogP contribution in [-0.4, -0.2) is 31.5 Å². The first-order chi connectivity index (χ1) is 9.65. The number of benzene rings is 1. The number of hydrogen-bond acceptors (Lipinski definition) is 4. The van der Waals surface area contributed by atoms with Gasteiger partial charge in [-0.25, -0.2) is 18.1 Å². The van der Waals surface area contributed by atoms with E-state index < -0.39 is 10.0 Å². The molecule has 2 heterocycles. The van der Waals surface area contributed by atoms with Gasteiger partial charge in [0.15, 0.2) is 0 Å². The number of fused-ring (bicyclic) bond motifs is 1. The van der Waals surface area contributed by atoms with Crippen LogP contribution in [0.4, 0.5) is 5.69 Å². The number of H-pyrrole nitrogens is 1. The van der Waals surface area contributed by atoms with E-state index in [4.69, 9.17) is 0 Å². The number of aromatic nitrogens is 2. The fourth-order valence-corrected chi connectivity index (χ4v) is 3.36. The standard InChI is InChI=1S/C13H16N4O2S/c18-20(19,17-6-4-11-8-14-9-16-11)12-1-2-13-10(7-12)3-5-15-13/h1-2,7-9,15,17H,3-6H2,(H,14,16). The van der Waals surface area contributed by atoms with E-state index in [0.717, 1.165) is 29.9 Å². The molecule has 1 aliphatic heterocycles. The minimum absolute atomic E-state index is 0.324. The van der Waals surface area contributed by atoms with E-state index in [-0.39, 0.29) is 0 Å². The van der Waals surface area contributed by atoms with Crippen molar-refractivity contribution >= 4 is 15.7 Å². The lowest BCUT2D eigenvalue weighted by molar-refractivity contribution is 0.581. The van der Waals surface area contributed by atoms with Crippen LogP contribution in [0.3, 0.4) is 0 Å². The second kappa shape index (κ2) is 5.26. The zero-order chi connectivity index (χ0) is 14.0. The smallest absolute Gasteiger partial charge is 0.240 e. The van der Waals surface area contributed by atoms with E-state index in [1.807, 2.05) is 6.07 Å². The second-order valence-corrected chi connectivity index (χ2v) is 6.49. The predicted octanol–water partition coefficient (Wildman–Crippen LogP) is 0.899. The zero-order valence-corrected chi connectivity index (χ0v) is 11.7. The topological polar surface area (TPSA) is 86.9 Å². The van der Waals surface area contributed by atoms with Crippen molar-refractivity contribution in [2.24, 2.45) is 0 Å². The third kappa shape index (κ3) is 2.68. The van der Waals surface area contributed by atoms with E-state index in [0.29, 0.717) is 17.9 Å². The molecule has 106 valence electrons. The van der Waals surface area contributed by atoms with Crippen molar-refractivity contribution in [1.29, 1.82) is 0 Å². The fraction of sp³-hybridized carbons (Fsp3) is 0.308. The van der Waals surface area contributed by atoms with Gasteiger partial charge in [0.05, 0.1) is 11.2 Å². The van der Waals surface area contributed by atoms with E-state index in [1.54, 1.807) is 24.7 Å². The van der Waals surface area contributed by atoms with Crippen molar-refractivity contribution in [3.05, 3.63) is 42.0 Å². The Balaban J connectivity index is 1.68. The molecule has 1 aromatic heterocycles. The predicted molar refractivity (Wildman–Crippen MR) is 76.1 cm³/mol. The Morgan fingerprint density at radius 3 is 3.05 bits per heavy atom. The van der Waals surface area contributed by atoms with E-state index in [9.17, 15) is 8.42 Å². The molecule has 0 amide bonds. The van der Waals surface area contributed by atoms with Gasteiger partial charge in [-0.2, -0.15) is 0 Å². The summed E-state index contributed by atoms with van der Waals surface area (Å²) in [6.45, 7) is 1.21. The molecule has 6 nitrogen and oxygen atoms in total. The molecule has 2 aromatic rings. The van der Waals surface area contributed by atoms with Gasteiger partial charge < -0.3 is 10.3 Å². The number of aromatic amines is 1. The normalized spacial score (nSPS) is 14.0. The van der Waals surface area contributed by atoms with Crippen molar-refractivity contribution in [1.82, 2.24) is 14.7 Å². The Morgan fingerprint density at radius 1 is 1.35 bits per heavy atom. The lowest BCUT2D eigenvalue weighted by Crippen LogP contribution is -2.26. The first-order valence-electron chi connectivity index (χ1n) is 6.49. The summed E-state index contributed by atoms with van der Waals surface area (Å²) in [5.74, 6) is 0. The van der Waals surface area contributed by atoms with Gasteiger partial charge in [-0.05, 0) is 30.2 Å². The molecule has 3 N–H and O–H groups in total. The first-order valence-corrected chi connectivity index (χ1v) is 7.97. The third-order valence-corrected chi connectivity index (χ3v) is 4.80. The Bertz CT molecular complexity index is 695. The van der Waals surface area contributed by atoms with Crippen LogP contribution in [-0.2, 0) is 22.9 Å². The van der Waals surface area contributed by atoms with Crippen molar-refractivity contribution in [2.45, 2.75) is 17.7 Å². The quantitative estimate of drug-likeness (QED) is 0.764. The highest BCUT2D eigenvalue weighted by atomic mass is 32.2. The molecule has 1 aromatic carbocycles. The number of rotatable bonds is 5. The maximum atomic E-state index is 12.2. The van der Waals surface area contributed by atoms with Gasteiger partial charge in [0.25, 0.3) is 0 Å². The van der Waals surface area contributed by atoms with Crippen LogP contribution in [0, 0.1) is 0 Å². The minimum atomic E-state index is -3.45. The maximum Gasteiger partial charge on any atom is 0.240 e. The van der Waals surface area contributed by atoms with Gasteiger partial charge in [-0.3, -0.25) is 0 Å². The van der Waals surface area contributed by atoms with Crippen LogP contribution < -0.4 is 10.0 Å². The number of nitrogens with one attached hydrogen (secondary N) is 3. The van der Waals surface area contributed by atoms with E-state index in [1.165, 1.54) is 0 Å². The van der Waals surface area contributed by atoms with Crippen molar-refractivity contribution < 1.29 is 8.42 Å². The third-order valence-electron chi connectivity index (χ3n) is 3.34. The van der Waals surface area contributed by atoms with E-state index >= 15 is 0 Å². The molecule has 3 rings (SSSR count). The molecule has 0 spiro atoms. The highest BCUT2D eigenvalue weighted by Gasteiger charge is 2.17. The molecule has 20 heavy (non-hydrogen) atoms. The summed E-state index contributed by atoms with van der Waals surface area (Å²) < 4.78 is 27.0. The molecule has 0 atom stereocenters. The molecule has 0 fully saturated rings. The van der Waals surface area contributed by atoms with Gasteiger partial charge in [0, 0.05) is 37.1 Å². The molecule has 1 aliphatic rings. The van der Waals surface area contributed by atoms with Gasteiger partial charge in [0.1, 0.15) is 0 Å². The molecule has 0 saturated heterocycles. The van der Waals surface area contributed by atoms with Crippen LogP contribution in [0.2, 0.25) is 0 Å². The van der Waals surface area contributed by atoms with E-state index in [2.05, 4.69) is 20.0 Å². The largest absolute Gasteiger partial charge is 0.384 e. The average molecular weight is 292 g/mol. The molecular weight excluding hydrogens is 276 g/mol. The highest BCUT2D eigenvalue weighted by molar-refractivity contribution is 7.89. The number of imidazole rings is 1. The summed E-state index contributed by atoms with van der Waals surface area (Å²) in [6.07, 6.45) is 4.73. The molecule has 0 unspecified atom stereocenters. The molecular formula is C13H16N4O2S. The first kappa shape index (κ1) is 13.1. The zero-order valence-electron chi connectivity index (χ0n) is 10.9. The Kier molecular flexibility index (Phi) is 3.45. The monoisotopic (exact) mass is 292 g/mol. The van der Waals surface area contributed by atoms with Crippen LogP contribution in [0.5, 0.6) is 0 Å². The molecule has 0 aliphatic carbocycles. The molecule has 0 saturated carbocycles. The van der Waals surface area contributed by atoms with Crippen molar-refractivity contribution in [3.8, 4) is 0 Å². The second-order valence-electron chi connectivity index (χ2n) is 4.72. The van der Waals surface area contributed by atoms with Gasteiger partial charge >= 0.3 is 0 Å². The Morgan fingerprint density at radius 2 is 2.25 bits per heavy atom.